The van der Waals surface area contributed by atoms with E-state index in [2.05, 4.69) is 15.9 Å². The Morgan fingerprint density at radius 3 is 2.75 bits per heavy atom. The Hall–Kier alpha value is -1.85. The van der Waals surface area contributed by atoms with E-state index in [-0.39, 0.29) is 5.91 Å². The summed E-state index contributed by atoms with van der Waals surface area (Å²) >= 11 is 3.45. The fourth-order valence-corrected chi connectivity index (χ4v) is 3.27. The molecule has 0 saturated carbocycles. The van der Waals surface area contributed by atoms with E-state index in [0.29, 0.717) is 30.4 Å². The number of nitrogens with zero attached hydrogens (tertiary/aromatic N) is 1. The molecule has 0 unspecified atom stereocenters. The van der Waals surface area contributed by atoms with Gasteiger partial charge in [0.1, 0.15) is 12.4 Å². The second-order valence-corrected chi connectivity index (χ2v) is 6.97. The Labute approximate surface area is 150 Å². The van der Waals surface area contributed by atoms with Crippen LogP contribution in [0.5, 0.6) is 5.75 Å². The van der Waals surface area contributed by atoms with E-state index in [1.165, 1.54) is 0 Å². The van der Waals surface area contributed by atoms with Gasteiger partial charge in [0.2, 0.25) is 0 Å². The quantitative estimate of drug-likeness (QED) is 0.852. The number of halogens is 1. The normalized spacial score (nSPS) is 17.1. The standard InChI is InChI=1S/C19H21BrN2O2/c20-16-6-7-18(24-13-14-4-2-1-3-5-14)17(10-16)19(23)22-9-8-15(11-21)12-22/h1-7,10,15H,8-9,11-13,21H2/t15-/m0/s1. The second-order valence-electron chi connectivity index (χ2n) is 6.06. The van der Waals surface area contributed by atoms with Gasteiger partial charge >= 0.3 is 0 Å². The molecule has 5 heteroatoms. The van der Waals surface area contributed by atoms with Crippen LogP contribution in [0.2, 0.25) is 0 Å². The van der Waals surface area contributed by atoms with E-state index in [4.69, 9.17) is 10.5 Å². The minimum Gasteiger partial charge on any atom is -0.488 e. The van der Waals surface area contributed by atoms with Gasteiger partial charge < -0.3 is 15.4 Å². The number of carbonyl (C=O) groups is 1. The zero-order valence-electron chi connectivity index (χ0n) is 13.5. The summed E-state index contributed by atoms with van der Waals surface area (Å²) in [6.45, 7) is 2.54. The zero-order chi connectivity index (χ0) is 16.9. The number of amides is 1. The number of benzene rings is 2. The summed E-state index contributed by atoms with van der Waals surface area (Å²) in [4.78, 5) is 14.7. The fraction of sp³-hybridized carbons (Fsp3) is 0.316. The molecule has 0 aromatic heterocycles. The van der Waals surface area contributed by atoms with Crippen molar-refractivity contribution < 1.29 is 9.53 Å². The van der Waals surface area contributed by atoms with Gasteiger partial charge in [-0.25, -0.2) is 0 Å². The van der Waals surface area contributed by atoms with E-state index in [9.17, 15) is 4.79 Å². The molecule has 2 N–H and O–H groups in total. The highest BCUT2D eigenvalue weighted by atomic mass is 79.9. The van der Waals surface area contributed by atoms with Crippen LogP contribution in [0.25, 0.3) is 0 Å². The molecule has 1 aliphatic rings. The van der Waals surface area contributed by atoms with Crippen molar-refractivity contribution >= 4 is 21.8 Å². The first-order valence-corrected chi connectivity index (χ1v) is 8.92. The third-order valence-electron chi connectivity index (χ3n) is 4.32. The lowest BCUT2D eigenvalue weighted by molar-refractivity contribution is 0.0782. The van der Waals surface area contributed by atoms with Crippen molar-refractivity contribution in [1.82, 2.24) is 4.90 Å². The van der Waals surface area contributed by atoms with Crippen LogP contribution >= 0.6 is 15.9 Å². The first kappa shape index (κ1) is 17.0. The molecule has 0 spiro atoms. The summed E-state index contributed by atoms with van der Waals surface area (Å²) in [5, 5.41) is 0. The van der Waals surface area contributed by atoms with E-state index in [0.717, 1.165) is 29.5 Å². The van der Waals surface area contributed by atoms with Crippen molar-refractivity contribution in [2.75, 3.05) is 19.6 Å². The molecule has 2 aromatic carbocycles. The van der Waals surface area contributed by atoms with E-state index < -0.39 is 0 Å². The molecule has 0 bridgehead atoms. The van der Waals surface area contributed by atoms with Crippen LogP contribution in [0.1, 0.15) is 22.3 Å². The molecule has 1 atom stereocenters. The smallest absolute Gasteiger partial charge is 0.257 e. The first-order chi connectivity index (χ1) is 11.7. The van der Waals surface area contributed by atoms with Gasteiger partial charge in [-0.3, -0.25) is 4.79 Å². The maximum Gasteiger partial charge on any atom is 0.257 e. The Bertz CT molecular complexity index is 706. The van der Waals surface area contributed by atoms with Gasteiger partial charge in [-0.2, -0.15) is 0 Å². The maximum atomic E-state index is 12.9. The van der Waals surface area contributed by atoms with Gasteiger partial charge in [-0.1, -0.05) is 46.3 Å². The third kappa shape index (κ3) is 3.97. The van der Waals surface area contributed by atoms with Gasteiger partial charge in [0.15, 0.2) is 0 Å². The minimum atomic E-state index is 0.00955. The monoisotopic (exact) mass is 388 g/mol. The maximum absolute atomic E-state index is 12.9. The highest BCUT2D eigenvalue weighted by Crippen LogP contribution is 2.27. The summed E-state index contributed by atoms with van der Waals surface area (Å²) in [6, 6.07) is 15.5. The Morgan fingerprint density at radius 1 is 1.25 bits per heavy atom. The Balaban J connectivity index is 1.77. The molecule has 0 aliphatic carbocycles. The molecule has 1 saturated heterocycles. The Kier molecular flexibility index (Phi) is 5.53. The SMILES string of the molecule is NC[C@@H]1CCN(C(=O)c2cc(Br)ccc2OCc2ccccc2)C1. The van der Waals surface area contributed by atoms with Gasteiger partial charge in [0.05, 0.1) is 5.56 Å². The molecule has 1 aliphatic heterocycles. The fourth-order valence-electron chi connectivity index (χ4n) is 2.91. The molecular formula is C19H21BrN2O2. The van der Waals surface area contributed by atoms with Crippen LogP contribution in [-0.4, -0.2) is 30.4 Å². The highest BCUT2D eigenvalue weighted by Gasteiger charge is 2.27. The summed E-state index contributed by atoms with van der Waals surface area (Å²) < 4.78 is 6.79. The zero-order valence-corrected chi connectivity index (χ0v) is 15.0. The Morgan fingerprint density at radius 2 is 2.04 bits per heavy atom. The van der Waals surface area contributed by atoms with Crippen molar-refractivity contribution in [3.8, 4) is 5.75 Å². The van der Waals surface area contributed by atoms with Crippen molar-refractivity contribution in [2.24, 2.45) is 11.7 Å². The van der Waals surface area contributed by atoms with Gasteiger partial charge in [-0.15, -0.1) is 0 Å². The lowest BCUT2D eigenvalue weighted by Gasteiger charge is -2.19. The van der Waals surface area contributed by atoms with Crippen LogP contribution < -0.4 is 10.5 Å². The van der Waals surface area contributed by atoms with Gasteiger partial charge in [0.25, 0.3) is 5.91 Å². The number of carbonyl (C=O) groups excluding carboxylic acids is 1. The summed E-state index contributed by atoms with van der Waals surface area (Å²) in [7, 11) is 0. The molecule has 1 amide bonds. The van der Waals surface area contributed by atoms with Crippen molar-refractivity contribution in [1.29, 1.82) is 0 Å². The minimum absolute atomic E-state index is 0.00955. The van der Waals surface area contributed by atoms with Crippen LogP contribution in [-0.2, 0) is 6.61 Å². The lowest BCUT2D eigenvalue weighted by Crippen LogP contribution is -2.30. The topological polar surface area (TPSA) is 55.6 Å². The van der Waals surface area contributed by atoms with Crippen molar-refractivity contribution in [3.05, 3.63) is 64.1 Å². The predicted octanol–water partition coefficient (Wildman–Crippen LogP) is 3.45. The molecule has 0 radical (unpaired) electrons. The van der Waals surface area contributed by atoms with E-state index in [1.54, 1.807) is 0 Å². The average Bonchev–Trinajstić information content (AvgIpc) is 3.10. The number of rotatable bonds is 5. The van der Waals surface area contributed by atoms with Crippen LogP contribution in [0, 0.1) is 5.92 Å². The molecule has 1 heterocycles. The van der Waals surface area contributed by atoms with Crippen molar-refractivity contribution in [2.45, 2.75) is 13.0 Å². The molecule has 24 heavy (non-hydrogen) atoms. The number of nitrogens with two attached hydrogens (primary N) is 1. The van der Waals surface area contributed by atoms with E-state index in [1.807, 2.05) is 53.4 Å². The number of ether oxygens (including phenoxy) is 1. The largest absolute Gasteiger partial charge is 0.488 e. The van der Waals surface area contributed by atoms with Crippen molar-refractivity contribution in [3.63, 3.8) is 0 Å². The molecule has 4 nitrogen and oxygen atoms in total. The molecule has 3 rings (SSSR count). The number of hydrogen-bond donors (Lipinski definition) is 1. The highest BCUT2D eigenvalue weighted by molar-refractivity contribution is 9.10. The lowest BCUT2D eigenvalue weighted by atomic mass is 10.1. The molecule has 2 aromatic rings. The molecule has 1 fully saturated rings. The van der Waals surface area contributed by atoms with Crippen LogP contribution in [0.15, 0.2) is 53.0 Å². The third-order valence-corrected chi connectivity index (χ3v) is 4.81. The number of likely N-dealkylation sites (tertiary alicyclic amines) is 1. The second kappa shape index (κ2) is 7.81. The molecular weight excluding hydrogens is 368 g/mol. The van der Waals surface area contributed by atoms with Gasteiger partial charge in [-0.05, 0) is 42.6 Å². The average molecular weight is 389 g/mol. The summed E-state index contributed by atoms with van der Waals surface area (Å²) in [5.41, 5.74) is 7.40. The summed E-state index contributed by atoms with van der Waals surface area (Å²) in [6.07, 6.45) is 0.969. The van der Waals surface area contributed by atoms with E-state index >= 15 is 0 Å². The number of hydrogen-bond acceptors (Lipinski definition) is 3. The van der Waals surface area contributed by atoms with Gasteiger partial charge in [0, 0.05) is 17.6 Å². The molecule has 126 valence electrons. The first-order valence-electron chi connectivity index (χ1n) is 8.13. The van der Waals surface area contributed by atoms with Crippen LogP contribution in [0.4, 0.5) is 0 Å². The van der Waals surface area contributed by atoms with Crippen LogP contribution in [0.3, 0.4) is 0 Å². The summed E-state index contributed by atoms with van der Waals surface area (Å²) in [5.74, 6) is 1.02. The predicted molar refractivity (Wildman–Crippen MR) is 98.0 cm³/mol.